The number of rotatable bonds is 4. The Balaban J connectivity index is 2.08. The standard InChI is InChI=1S/C14H15N3O2/c1-10-3-5-12(6-4-10)11(2)16-14-8-7-13(9-15-14)17(18)19/h3-9,11H,1-2H3,(H,15,16). The van der Waals surface area contributed by atoms with Crippen molar-refractivity contribution < 1.29 is 4.92 Å². The third-order valence-corrected chi connectivity index (χ3v) is 2.90. The SMILES string of the molecule is Cc1ccc(C(C)Nc2ccc([N+](=O)[O-])cn2)cc1. The van der Waals surface area contributed by atoms with Gasteiger partial charge in [0, 0.05) is 12.1 Å². The lowest BCUT2D eigenvalue weighted by molar-refractivity contribution is -0.385. The van der Waals surface area contributed by atoms with Gasteiger partial charge in [-0.1, -0.05) is 29.8 Å². The minimum absolute atomic E-state index is 0.00598. The van der Waals surface area contributed by atoms with E-state index in [-0.39, 0.29) is 11.7 Å². The zero-order chi connectivity index (χ0) is 13.8. The first-order valence-corrected chi connectivity index (χ1v) is 6.00. The van der Waals surface area contributed by atoms with Crippen LogP contribution in [0.15, 0.2) is 42.6 Å². The molecule has 0 aliphatic rings. The summed E-state index contributed by atoms with van der Waals surface area (Å²) in [5.41, 5.74) is 2.35. The first-order valence-electron chi connectivity index (χ1n) is 6.00. The van der Waals surface area contributed by atoms with E-state index in [4.69, 9.17) is 0 Å². The van der Waals surface area contributed by atoms with Gasteiger partial charge in [-0.05, 0) is 25.5 Å². The fraction of sp³-hybridized carbons (Fsp3) is 0.214. The van der Waals surface area contributed by atoms with Gasteiger partial charge >= 0.3 is 0 Å². The van der Waals surface area contributed by atoms with Crippen LogP contribution in [0, 0.1) is 17.0 Å². The first kappa shape index (κ1) is 13.0. The Hall–Kier alpha value is -2.43. The summed E-state index contributed by atoms with van der Waals surface area (Å²) < 4.78 is 0. The largest absolute Gasteiger partial charge is 0.364 e. The molecule has 5 heteroatoms. The van der Waals surface area contributed by atoms with Gasteiger partial charge in [-0.2, -0.15) is 0 Å². The Bertz CT molecular complexity index is 564. The van der Waals surface area contributed by atoms with Gasteiger partial charge in [0.2, 0.25) is 0 Å². The fourth-order valence-electron chi connectivity index (χ4n) is 1.74. The Morgan fingerprint density at radius 1 is 1.21 bits per heavy atom. The highest BCUT2D eigenvalue weighted by Crippen LogP contribution is 2.19. The molecule has 0 aliphatic heterocycles. The van der Waals surface area contributed by atoms with Crippen molar-refractivity contribution in [3.8, 4) is 0 Å². The van der Waals surface area contributed by atoms with Crippen molar-refractivity contribution in [1.82, 2.24) is 4.98 Å². The van der Waals surface area contributed by atoms with Gasteiger partial charge < -0.3 is 5.32 Å². The molecule has 0 amide bonds. The molecule has 0 fully saturated rings. The molecule has 5 nitrogen and oxygen atoms in total. The van der Waals surface area contributed by atoms with E-state index in [1.165, 1.54) is 17.8 Å². The number of hydrogen-bond acceptors (Lipinski definition) is 4. The van der Waals surface area contributed by atoms with Crippen molar-refractivity contribution in [1.29, 1.82) is 0 Å². The Labute approximate surface area is 111 Å². The second-order valence-electron chi connectivity index (χ2n) is 4.44. The normalized spacial score (nSPS) is 11.9. The zero-order valence-corrected chi connectivity index (χ0v) is 10.8. The molecule has 1 N–H and O–H groups in total. The lowest BCUT2D eigenvalue weighted by Crippen LogP contribution is -2.07. The van der Waals surface area contributed by atoms with Crippen LogP contribution in [0.1, 0.15) is 24.1 Å². The molecule has 0 saturated heterocycles. The molecule has 1 heterocycles. The van der Waals surface area contributed by atoms with Crippen LogP contribution in [0.2, 0.25) is 0 Å². The Morgan fingerprint density at radius 2 is 1.89 bits per heavy atom. The molecule has 1 aromatic heterocycles. The molecular weight excluding hydrogens is 242 g/mol. The van der Waals surface area contributed by atoms with Crippen LogP contribution >= 0.6 is 0 Å². The Kier molecular flexibility index (Phi) is 3.75. The highest BCUT2D eigenvalue weighted by atomic mass is 16.6. The second-order valence-corrected chi connectivity index (χ2v) is 4.44. The summed E-state index contributed by atoms with van der Waals surface area (Å²) in [5, 5.41) is 13.7. The van der Waals surface area contributed by atoms with Gasteiger partial charge in [0.15, 0.2) is 0 Å². The number of aromatic nitrogens is 1. The number of hydrogen-bond donors (Lipinski definition) is 1. The summed E-state index contributed by atoms with van der Waals surface area (Å²) in [6.07, 6.45) is 1.25. The number of nitrogens with zero attached hydrogens (tertiary/aromatic N) is 2. The van der Waals surface area contributed by atoms with Gasteiger partial charge in [0.25, 0.3) is 5.69 Å². The molecular formula is C14H15N3O2. The van der Waals surface area contributed by atoms with E-state index >= 15 is 0 Å². The summed E-state index contributed by atoms with van der Waals surface area (Å²) in [6, 6.07) is 11.4. The Morgan fingerprint density at radius 3 is 2.42 bits per heavy atom. The first-order chi connectivity index (χ1) is 9.06. The fourth-order valence-corrected chi connectivity index (χ4v) is 1.74. The van der Waals surface area contributed by atoms with Crippen LogP contribution in [-0.2, 0) is 0 Å². The molecule has 2 rings (SSSR count). The van der Waals surface area contributed by atoms with Crippen molar-refractivity contribution in [3.63, 3.8) is 0 Å². The number of pyridine rings is 1. The maximum absolute atomic E-state index is 10.5. The number of anilines is 1. The molecule has 0 spiro atoms. The van der Waals surface area contributed by atoms with Gasteiger partial charge in [-0.25, -0.2) is 4.98 Å². The average molecular weight is 257 g/mol. The van der Waals surface area contributed by atoms with Gasteiger partial charge in [0.1, 0.15) is 12.0 Å². The van der Waals surface area contributed by atoms with E-state index in [1.807, 2.05) is 13.8 Å². The lowest BCUT2D eigenvalue weighted by atomic mass is 10.1. The van der Waals surface area contributed by atoms with Crippen molar-refractivity contribution in [2.75, 3.05) is 5.32 Å². The van der Waals surface area contributed by atoms with E-state index in [9.17, 15) is 10.1 Å². The molecule has 1 aromatic carbocycles. The molecule has 0 saturated carbocycles. The quantitative estimate of drug-likeness (QED) is 0.672. The predicted molar refractivity (Wildman–Crippen MR) is 74.1 cm³/mol. The summed E-state index contributed by atoms with van der Waals surface area (Å²) in [5.74, 6) is 0.624. The van der Waals surface area contributed by atoms with E-state index in [0.29, 0.717) is 5.82 Å². The summed E-state index contributed by atoms with van der Waals surface area (Å²) in [7, 11) is 0. The maximum Gasteiger partial charge on any atom is 0.287 e. The molecule has 0 aliphatic carbocycles. The molecule has 0 bridgehead atoms. The molecule has 1 atom stereocenters. The second kappa shape index (κ2) is 5.48. The topological polar surface area (TPSA) is 68.1 Å². The van der Waals surface area contributed by atoms with E-state index in [0.717, 1.165) is 5.56 Å². The van der Waals surface area contributed by atoms with Gasteiger partial charge in [-0.15, -0.1) is 0 Å². The monoisotopic (exact) mass is 257 g/mol. The van der Waals surface area contributed by atoms with Crippen molar-refractivity contribution in [2.45, 2.75) is 19.9 Å². The number of aryl methyl sites for hydroxylation is 1. The van der Waals surface area contributed by atoms with Crippen LogP contribution in [-0.4, -0.2) is 9.91 Å². The van der Waals surface area contributed by atoms with E-state index in [2.05, 4.69) is 34.6 Å². The third kappa shape index (κ3) is 3.28. The average Bonchev–Trinajstić information content (AvgIpc) is 2.40. The number of nitrogens with one attached hydrogen (secondary N) is 1. The summed E-state index contributed by atoms with van der Waals surface area (Å²) in [4.78, 5) is 14.1. The van der Waals surface area contributed by atoms with Crippen molar-refractivity contribution in [3.05, 3.63) is 63.8 Å². The molecule has 0 radical (unpaired) electrons. The molecule has 1 unspecified atom stereocenters. The highest BCUT2D eigenvalue weighted by Gasteiger charge is 2.08. The summed E-state index contributed by atoms with van der Waals surface area (Å²) in [6.45, 7) is 4.06. The minimum atomic E-state index is -0.458. The molecule has 19 heavy (non-hydrogen) atoms. The van der Waals surface area contributed by atoms with Gasteiger partial charge in [0.05, 0.1) is 4.92 Å². The molecule has 98 valence electrons. The lowest BCUT2D eigenvalue weighted by Gasteiger charge is -2.14. The van der Waals surface area contributed by atoms with E-state index < -0.39 is 4.92 Å². The van der Waals surface area contributed by atoms with Crippen LogP contribution in [0.5, 0.6) is 0 Å². The van der Waals surface area contributed by atoms with Crippen molar-refractivity contribution >= 4 is 11.5 Å². The smallest absolute Gasteiger partial charge is 0.287 e. The van der Waals surface area contributed by atoms with Crippen molar-refractivity contribution in [2.24, 2.45) is 0 Å². The molecule has 2 aromatic rings. The number of benzene rings is 1. The zero-order valence-electron chi connectivity index (χ0n) is 10.8. The van der Waals surface area contributed by atoms with Crippen LogP contribution < -0.4 is 5.32 Å². The van der Waals surface area contributed by atoms with Crippen LogP contribution in [0.4, 0.5) is 11.5 Å². The van der Waals surface area contributed by atoms with Gasteiger partial charge in [-0.3, -0.25) is 10.1 Å². The minimum Gasteiger partial charge on any atom is -0.364 e. The van der Waals surface area contributed by atoms with Crippen LogP contribution in [0.25, 0.3) is 0 Å². The highest BCUT2D eigenvalue weighted by molar-refractivity contribution is 5.42. The predicted octanol–water partition coefficient (Wildman–Crippen LogP) is 3.47. The van der Waals surface area contributed by atoms with E-state index in [1.54, 1.807) is 6.07 Å². The third-order valence-electron chi connectivity index (χ3n) is 2.90. The number of nitro groups is 1. The summed E-state index contributed by atoms with van der Waals surface area (Å²) >= 11 is 0. The maximum atomic E-state index is 10.5. The van der Waals surface area contributed by atoms with Crippen LogP contribution in [0.3, 0.4) is 0 Å².